The van der Waals surface area contributed by atoms with Crippen LogP contribution in [0.4, 0.5) is 4.79 Å². The Labute approximate surface area is 262 Å². The fraction of sp³-hybridized carbons (Fsp3) is 0.278. The Morgan fingerprint density at radius 2 is 1.65 bits per heavy atom. The molecule has 2 atom stereocenters. The predicted octanol–water partition coefficient (Wildman–Crippen LogP) is 7.02. The van der Waals surface area contributed by atoms with Crippen molar-refractivity contribution in [2.75, 3.05) is 26.2 Å². The van der Waals surface area contributed by atoms with Gasteiger partial charge < -0.3 is 20.1 Å². The molecule has 0 aromatic heterocycles. The molecular weight excluding hydrogens is 604 g/mol. The van der Waals surface area contributed by atoms with Crippen LogP contribution in [-0.4, -0.2) is 48.2 Å². The van der Waals surface area contributed by atoms with Gasteiger partial charge in [0.15, 0.2) is 0 Å². The molecule has 3 aromatic carbocycles. The van der Waals surface area contributed by atoms with E-state index < -0.39 is 17.6 Å². The molecule has 1 aliphatic rings. The number of hydrogen-bond acceptors (Lipinski definition) is 4. The maximum absolute atomic E-state index is 13.8. The number of aliphatic hydroxyl groups excluding tert-OH is 1. The van der Waals surface area contributed by atoms with Crippen molar-refractivity contribution >= 4 is 27.9 Å². The van der Waals surface area contributed by atoms with Crippen molar-refractivity contribution in [1.82, 2.24) is 10.2 Å². The number of likely N-dealkylation sites (tertiary alicyclic amines) is 1. The van der Waals surface area contributed by atoms with Crippen LogP contribution in [0.2, 0.25) is 0 Å². The quantitative estimate of drug-likeness (QED) is 0.164. The van der Waals surface area contributed by atoms with Gasteiger partial charge in [-0.15, -0.1) is 6.58 Å². The second kappa shape index (κ2) is 15.0. The van der Waals surface area contributed by atoms with Crippen molar-refractivity contribution in [1.29, 1.82) is 0 Å². The summed E-state index contributed by atoms with van der Waals surface area (Å²) < 4.78 is 6.76. The first-order valence-electron chi connectivity index (χ1n) is 14.5. The lowest BCUT2D eigenvalue weighted by atomic mass is 9.72. The Balaban J connectivity index is 1.45. The minimum Gasteiger partial charge on any atom is -0.448 e. The molecule has 224 valence electrons. The summed E-state index contributed by atoms with van der Waals surface area (Å²) in [5, 5.41) is 13.6. The summed E-state index contributed by atoms with van der Waals surface area (Å²) in [4.78, 5) is 28.7. The highest BCUT2D eigenvalue weighted by Crippen LogP contribution is 2.37. The van der Waals surface area contributed by atoms with E-state index in [1.807, 2.05) is 84.9 Å². The van der Waals surface area contributed by atoms with Crippen LogP contribution in [0, 0.1) is 0 Å². The third-order valence-corrected chi connectivity index (χ3v) is 8.75. The van der Waals surface area contributed by atoms with Crippen LogP contribution in [0.1, 0.15) is 47.1 Å². The lowest BCUT2D eigenvalue weighted by molar-refractivity contribution is -0.129. The molecular formula is C36H39BrN2O4. The lowest BCUT2D eigenvalue weighted by Crippen LogP contribution is -2.53. The zero-order valence-electron chi connectivity index (χ0n) is 24.4. The van der Waals surface area contributed by atoms with Gasteiger partial charge in [0.25, 0.3) is 0 Å². The number of piperidine rings is 1. The van der Waals surface area contributed by atoms with E-state index in [1.54, 1.807) is 11.0 Å². The molecule has 1 heterocycles. The Morgan fingerprint density at radius 3 is 2.30 bits per heavy atom. The summed E-state index contributed by atoms with van der Waals surface area (Å²) >= 11 is 3.48. The molecule has 2 N–H and O–H groups in total. The maximum atomic E-state index is 13.8. The lowest BCUT2D eigenvalue weighted by Gasteiger charge is -2.41. The van der Waals surface area contributed by atoms with Crippen LogP contribution in [0.5, 0.6) is 0 Å². The highest BCUT2D eigenvalue weighted by Gasteiger charge is 2.44. The van der Waals surface area contributed by atoms with Crippen molar-refractivity contribution < 1.29 is 19.4 Å². The number of carbonyl (C=O) groups excluding carboxylic acids is 2. The highest BCUT2D eigenvalue weighted by atomic mass is 79.9. The monoisotopic (exact) mass is 642 g/mol. The van der Waals surface area contributed by atoms with E-state index in [0.717, 1.165) is 32.3 Å². The first-order chi connectivity index (χ1) is 20.8. The standard InChI is InChI=1S/C36H39BrN2O4/c1-4-11-27-12-9-10-15-31(27)32(26(3)5-2)25-43-35(42)39-22-20-36(21-23-39,29-16-18-30(37)19-17-29)34(41)38-24-33(40)28-13-7-6-8-14-28/h4-10,12-19,32-33,40H,1-3,11,20-25H2,(H,38,41). The number of rotatable bonds is 12. The summed E-state index contributed by atoms with van der Waals surface area (Å²) in [6.07, 6.45) is 3.83. The molecule has 0 radical (unpaired) electrons. The summed E-state index contributed by atoms with van der Waals surface area (Å²) in [6, 6.07) is 25.0. The van der Waals surface area contributed by atoms with Crippen LogP contribution < -0.4 is 5.32 Å². The molecule has 1 aliphatic heterocycles. The number of amides is 2. The fourth-order valence-electron chi connectivity index (χ4n) is 5.64. The zero-order valence-corrected chi connectivity index (χ0v) is 26.0. The molecule has 3 aromatic rings. The van der Waals surface area contributed by atoms with Crippen LogP contribution >= 0.6 is 15.9 Å². The van der Waals surface area contributed by atoms with E-state index in [2.05, 4.69) is 41.0 Å². The van der Waals surface area contributed by atoms with Gasteiger partial charge in [-0.25, -0.2) is 4.79 Å². The van der Waals surface area contributed by atoms with Gasteiger partial charge in [-0.2, -0.15) is 0 Å². The molecule has 2 unspecified atom stereocenters. The predicted molar refractivity (Wildman–Crippen MR) is 175 cm³/mol. The number of carbonyl (C=O) groups is 2. The number of hydrogen-bond donors (Lipinski definition) is 2. The largest absolute Gasteiger partial charge is 0.448 e. The molecule has 4 rings (SSSR count). The number of allylic oxidation sites excluding steroid dienone is 2. The third-order valence-electron chi connectivity index (χ3n) is 8.22. The van der Waals surface area contributed by atoms with Gasteiger partial charge in [0.1, 0.15) is 6.61 Å². The van der Waals surface area contributed by atoms with Crippen molar-refractivity contribution in [3.63, 3.8) is 0 Å². The topological polar surface area (TPSA) is 78.9 Å². The Hall–Kier alpha value is -3.94. The molecule has 7 heteroatoms. The molecule has 43 heavy (non-hydrogen) atoms. The van der Waals surface area contributed by atoms with Crippen molar-refractivity contribution in [2.45, 2.75) is 36.7 Å². The van der Waals surface area contributed by atoms with Crippen LogP contribution in [0.15, 0.2) is 121 Å². The molecule has 2 amide bonds. The minimum absolute atomic E-state index is 0.0921. The second-order valence-electron chi connectivity index (χ2n) is 10.8. The fourth-order valence-corrected chi connectivity index (χ4v) is 5.90. The van der Waals surface area contributed by atoms with Crippen LogP contribution in [-0.2, 0) is 21.4 Å². The average Bonchev–Trinajstić information content (AvgIpc) is 3.04. The normalized spacial score (nSPS) is 15.5. The average molecular weight is 644 g/mol. The zero-order chi connectivity index (χ0) is 30.8. The molecule has 0 spiro atoms. The smallest absolute Gasteiger partial charge is 0.409 e. The summed E-state index contributed by atoms with van der Waals surface area (Å²) in [6.45, 7) is 12.8. The minimum atomic E-state index is -0.850. The van der Waals surface area contributed by atoms with E-state index >= 15 is 0 Å². The van der Waals surface area contributed by atoms with Gasteiger partial charge in [0.05, 0.1) is 11.5 Å². The molecule has 1 fully saturated rings. The van der Waals surface area contributed by atoms with Gasteiger partial charge in [-0.3, -0.25) is 4.79 Å². The van der Waals surface area contributed by atoms with Crippen LogP contribution in [0.25, 0.3) is 0 Å². The van der Waals surface area contributed by atoms with Gasteiger partial charge in [0, 0.05) is 30.0 Å². The first-order valence-corrected chi connectivity index (χ1v) is 15.3. The molecule has 1 saturated heterocycles. The van der Waals surface area contributed by atoms with Gasteiger partial charge in [0.2, 0.25) is 5.91 Å². The summed E-state index contributed by atoms with van der Waals surface area (Å²) in [5.41, 5.74) is 3.66. The van der Waals surface area contributed by atoms with Gasteiger partial charge in [-0.05, 0) is 59.2 Å². The Kier molecular flexibility index (Phi) is 11.1. The van der Waals surface area contributed by atoms with Crippen LogP contribution in [0.3, 0.4) is 0 Å². The SMILES string of the molecule is C=CCc1ccccc1C(COC(=O)N1CCC(C(=O)NCC(O)c2ccccc2)(c2ccc(Br)cc2)CC1)C(=C)C=C. The summed E-state index contributed by atoms with van der Waals surface area (Å²) in [5.74, 6) is -0.398. The number of aliphatic hydroxyl groups is 1. The molecule has 6 nitrogen and oxygen atoms in total. The van der Waals surface area contributed by atoms with Crippen molar-refractivity contribution in [3.8, 4) is 0 Å². The van der Waals surface area contributed by atoms with Crippen molar-refractivity contribution in [2.24, 2.45) is 0 Å². The van der Waals surface area contributed by atoms with E-state index in [9.17, 15) is 14.7 Å². The van der Waals surface area contributed by atoms with Gasteiger partial charge in [-0.1, -0.05) is 108 Å². The number of nitrogens with zero attached hydrogens (tertiary/aromatic N) is 1. The number of benzene rings is 3. The Bertz CT molecular complexity index is 1430. The first kappa shape index (κ1) is 32.0. The summed E-state index contributed by atoms with van der Waals surface area (Å²) in [7, 11) is 0. The van der Waals surface area contributed by atoms with E-state index in [0.29, 0.717) is 32.4 Å². The van der Waals surface area contributed by atoms with Crippen molar-refractivity contribution in [3.05, 3.63) is 143 Å². The number of ether oxygens (including phenoxy) is 1. The van der Waals surface area contributed by atoms with E-state index in [1.165, 1.54) is 0 Å². The molecule has 0 aliphatic carbocycles. The highest BCUT2D eigenvalue weighted by molar-refractivity contribution is 9.10. The third kappa shape index (κ3) is 7.72. The second-order valence-corrected chi connectivity index (χ2v) is 11.7. The molecule has 0 saturated carbocycles. The maximum Gasteiger partial charge on any atom is 0.409 e. The van der Waals surface area contributed by atoms with E-state index in [4.69, 9.17) is 4.74 Å². The van der Waals surface area contributed by atoms with E-state index in [-0.39, 0.29) is 25.0 Å². The number of halogens is 1. The Morgan fingerprint density at radius 1 is 1.00 bits per heavy atom. The molecule has 0 bridgehead atoms. The number of nitrogens with one attached hydrogen (secondary N) is 1. The van der Waals surface area contributed by atoms with Gasteiger partial charge >= 0.3 is 6.09 Å².